The van der Waals surface area contributed by atoms with E-state index in [4.69, 9.17) is 9.47 Å². The van der Waals surface area contributed by atoms with Crippen LogP contribution in [0.5, 0.6) is 5.75 Å². The molecule has 0 spiro atoms. The maximum atomic E-state index is 12.5. The molecule has 0 unspecified atom stereocenters. The maximum Gasteiger partial charge on any atom is 0.324 e. The lowest BCUT2D eigenvalue weighted by molar-refractivity contribution is -0.130. The van der Waals surface area contributed by atoms with E-state index in [1.54, 1.807) is 7.11 Å². The Hall–Kier alpha value is -2.61. The number of ether oxygens (including phenoxy) is 2. The van der Waals surface area contributed by atoms with E-state index in [0.717, 1.165) is 37.4 Å². The molecule has 3 rings (SSSR count). The zero-order valence-corrected chi connectivity index (χ0v) is 16.1. The van der Waals surface area contributed by atoms with Gasteiger partial charge in [-0.1, -0.05) is 12.1 Å². The lowest BCUT2D eigenvalue weighted by atomic mass is 10.0. The van der Waals surface area contributed by atoms with Crippen molar-refractivity contribution in [2.45, 2.75) is 31.7 Å². The van der Waals surface area contributed by atoms with Gasteiger partial charge in [0.15, 0.2) is 0 Å². The molecule has 2 fully saturated rings. The average Bonchev–Trinajstić information content (AvgIpc) is 2.98. The van der Waals surface area contributed by atoms with Crippen LogP contribution in [0.1, 0.15) is 24.8 Å². The van der Waals surface area contributed by atoms with Crippen LogP contribution in [-0.2, 0) is 20.7 Å². The molecule has 8 nitrogen and oxygen atoms in total. The Morgan fingerprint density at radius 2 is 1.96 bits per heavy atom. The van der Waals surface area contributed by atoms with Crippen molar-refractivity contribution in [3.8, 4) is 5.75 Å². The van der Waals surface area contributed by atoms with Gasteiger partial charge in [-0.3, -0.25) is 14.5 Å². The molecule has 2 saturated heterocycles. The quantitative estimate of drug-likeness (QED) is 0.649. The summed E-state index contributed by atoms with van der Waals surface area (Å²) in [4.78, 5) is 38.0. The Bertz CT molecular complexity index is 700. The SMILES string of the molecule is COc1ccc(CCN2C(=O)N[C@@H](CC(=O)NCC3CCOCC3)C2=O)cc1. The van der Waals surface area contributed by atoms with Gasteiger partial charge < -0.3 is 20.1 Å². The molecule has 4 amide bonds. The molecule has 0 radical (unpaired) electrons. The maximum absolute atomic E-state index is 12.5. The summed E-state index contributed by atoms with van der Waals surface area (Å²) < 4.78 is 10.4. The molecule has 1 atom stereocenters. The van der Waals surface area contributed by atoms with Gasteiger partial charge in [0.1, 0.15) is 11.8 Å². The largest absolute Gasteiger partial charge is 0.497 e. The Morgan fingerprint density at radius 1 is 1.25 bits per heavy atom. The van der Waals surface area contributed by atoms with Crippen LogP contribution in [-0.4, -0.2) is 62.2 Å². The molecule has 152 valence electrons. The van der Waals surface area contributed by atoms with Crippen molar-refractivity contribution in [3.05, 3.63) is 29.8 Å². The summed E-state index contributed by atoms with van der Waals surface area (Å²) in [6.45, 7) is 2.30. The summed E-state index contributed by atoms with van der Waals surface area (Å²) in [5.41, 5.74) is 0.999. The van der Waals surface area contributed by atoms with Crippen molar-refractivity contribution < 1.29 is 23.9 Å². The highest BCUT2D eigenvalue weighted by atomic mass is 16.5. The number of hydrogen-bond acceptors (Lipinski definition) is 5. The number of benzene rings is 1. The minimum Gasteiger partial charge on any atom is -0.497 e. The second-order valence-electron chi connectivity index (χ2n) is 7.15. The highest BCUT2D eigenvalue weighted by molar-refractivity contribution is 6.05. The lowest BCUT2D eigenvalue weighted by Crippen LogP contribution is -2.39. The lowest BCUT2D eigenvalue weighted by Gasteiger charge is -2.22. The van der Waals surface area contributed by atoms with Crippen molar-refractivity contribution in [1.29, 1.82) is 0 Å². The van der Waals surface area contributed by atoms with Gasteiger partial charge in [-0.25, -0.2) is 4.79 Å². The van der Waals surface area contributed by atoms with Gasteiger partial charge in [0.05, 0.1) is 13.5 Å². The number of nitrogens with one attached hydrogen (secondary N) is 2. The van der Waals surface area contributed by atoms with E-state index in [0.29, 0.717) is 18.9 Å². The molecule has 2 aliphatic heterocycles. The topological polar surface area (TPSA) is 97.0 Å². The molecule has 0 saturated carbocycles. The highest BCUT2D eigenvalue weighted by Crippen LogP contribution is 2.15. The molecule has 1 aromatic rings. The first-order chi connectivity index (χ1) is 13.6. The van der Waals surface area contributed by atoms with Crippen LogP contribution in [0.25, 0.3) is 0 Å². The van der Waals surface area contributed by atoms with E-state index >= 15 is 0 Å². The van der Waals surface area contributed by atoms with E-state index in [9.17, 15) is 14.4 Å². The first-order valence-electron chi connectivity index (χ1n) is 9.66. The zero-order chi connectivity index (χ0) is 19.9. The van der Waals surface area contributed by atoms with Gasteiger partial charge in [-0.15, -0.1) is 0 Å². The second kappa shape index (κ2) is 9.54. The number of amides is 4. The number of methoxy groups -OCH3 is 1. The van der Waals surface area contributed by atoms with E-state index in [1.807, 2.05) is 24.3 Å². The Kier molecular flexibility index (Phi) is 6.86. The summed E-state index contributed by atoms with van der Waals surface area (Å²) >= 11 is 0. The Labute approximate surface area is 164 Å². The smallest absolute Gasteiger partial charge is 0.324 e. The average molecular weight is 389 g/mol. The van der Waals surface area contributed by atoms with Crippen LogP contribution >= 0.6 is 0 Å². The minimum atomic E-state index is -0.793. The molecule has 2 N–H and O–H groups in total. The molecule has 2 aliphatic rings. The van der Waals surface area contributed by atoms with Crippen molar-refractivity contribution in [2.24, 2.45) is 5.92 Å². The summed E-state index contributed by atoms with van der Waals surface area (Å²) in [6.07, 6.45) is 2.37. The predicted octanol–water partition coefficient (Wildman–Crippen LogP) is 1.09. The van der Waals surface area contributed by atoms with Crippen LogP contribution in [0.15, 0.2) is 24.3 Å². The van der Waals surface area contributed by atoms with E-state index < -0.39 is 12.1 Å². The summed E-state index contributed by atoms with van der Waals surface area (Å²) in [6, 6.07) is 6.25. The second-order valence-corrected chi connectivity index (χ2v) is 7.15. The third kappa shape index (κ3) is 5.22. The van der Waals surface area contributed by atoms with E-state index in [1.165, 1.54) is 4.90 Å². The molecular formula is C20H27N3O5. The normalized spacial score (nSPS) is 20.2. The summed E-state index contributed by atoms with van der Waals surface area (Å²) in [5.74, 6) is 0.597. The van der Waals surface area contributed by atoms with E-state index in [2.05, 4.69) is 10.6 Å². The fourth-order valence-corrected chi connectivity index (χ4v) is 3.43. The third-order valence-corrected chi connectivity index (χ3v) is 5.21. The molecule has 0 bridgehead atoms. The van der Waals surface area contributed by atoms with Crippen LogP contribution in [0.3, 0.4) is 0 Å². The molecule has 0 aromatic heterocycles. The number of hydrogen-bond donors (Lipinski definition) is 2. The van der Waals surface area contributed by atoms with Crippen LogP contribution < -0.4 is 15.4 Å². The van der Waals surface area contributed by atoms with Crippen LogP contribution in [0, 0.1) is 5.92 Å². The standard InChI is InChI=1S/C20H27N3O5/c1-27-16-4-2-14(3-5-16)6-9-23-19(25)17(22-20(23)26)12-18(24)21-13-15-7-10-28-11-8-15/h2-5,15,17H,6-13H2,1H3,(H,21,24)(H,22,26)/t17-/m0/s1. The van der Waals surface area contributed by atoms with Gasteiger partial charge in [0, 0.05) is 26.3 Å². The van der Waals surface area contributed by atoms with Crippen molar-refractivity contribution in [3.63, 3.8) is 0 Å². The first kappa shape index (κ1) is 20.1. The predicted molar refractivity (Wildman–Crippen MR) is 102 cm³/mol. The molecule has 2 heterocycles. The van der Waals surface area contributed by atoms with Crippen LogP contribution in [0.2, 0.25) is 0 Å². The van der Waals surface area contributed by atoms with Gasteiger partial charge in [-0.05, 0) is 42.9 Å². The number of urea groups is 1. The summed E-state index contributed by atoms with van der Waals surface area (Å²) in [5, 5.41) is 5.48. The van der Waals surface area contributed by atoms with E-state index in [-0.39, 0.29) is 24.8 Å². The fraction of sp³-hybridized carbons (Fsp3) is 0.550. The van der Waals surface area contributed by atoms with Gasteiger partial charge in [0.25, 0.3) is 5.91 Å². The summed E-state index contributed by atoms with van der Waals surface area (Å²) in [7, 11) is 1.60. The number of carbonyl (C=O) groups is 3. The molecule has 0 aliphatic carbocycles. The number of carbonyl (C=O) groups excluding carboxylic acids is 3. The minimum absolute atomic E-state index is 0.0349. The zero-order valence-electron chi connectivity index (χ0n) is 16.1. The molecule has 8 heteroatoms. The highest BCUT2D eigenvalue weighted by Gasteiger charge is 2.38. The fourth-order valence-electron chi connectivity index (χ4n) is 3.43. The number of rotatable bonds is 8. The van der Waals surface area contributed by atoms with Crippen molar-refractivity contribution in [2.75, 3.05) is 33.4 Å². The van der Waals surface area contributed by atoms with Crippen LogP contribution in [0.4, 0.5) is 4.79 Å². The monoisotopic (exact) mass is 389 g/mol. The Balaban J connectivity index is 1.44. The molecule has 1 aromatic carbocycles. The van der Waals surface area contributed by atoms with Gasteiger partial charge >= 0.3 is 6.03 Å². The number of imide groups is 1. The van der Waals surface area contributed by atoms with Crippen molar-refractivity contribution >= 4 is 17.8 Å². The first-order valence-corrected chi connectivity index (χ1v) is 9.66. The van der Waals surface area contributed by atoms with Crippen molar-refractivity contribution in [1.82, 2.24) is 15.5 Å². The Morgan fingerprint density at radius 3 is 2.64 bits per heavy atom. The van der Waals surface area contributed by atoms with Gasteiger partial charge in [0.2, 0.25) is 5.91 Å². The third-order valence-electron chi connectivity index (χ3n) is 5.21. The van der Waals surface area contributed by atoms with Gasteiger partial charge in [-0.2, -0.15) is 0 Å². The number of nitrogens with zero attached hydrogens (tertiary/aromatic N) is 1. The molecule has 28 heavy (non-hydrogen) atoms. The molecular weight excluding hydrogens is 362 g/mol.